The van der Waals surface area contributed by atoms with Crippen molar-refractivity contribution < 1.29 is 4.79 Å². The van der Waals surface area contributed by atoms with Crippen LogP contribution in [0.1, 0.15) is 49.0 Å². The Morgan fingerprint density at radius 3 is 2.19 bits per heavy atom. The van der Waals surface area contributed by atoms with Gasteiger partial charge in [0.05, 0.1) is 0 Å². The van der Waals surface area contributed by atoms with Crippen molar-refractivity contribution in [2.75, 3.05) is 0 Å². The Hall–Kier alpha value is -1.87. The van der Waals surface area contributed by atoms with Crippen molar-refractivity contribution in [2.24, 2.45) is 17.8 Å². The van der Waals surface area contributed by atoms with Crippen LogP contribution in [0.5, 0.6) is 0 Å². The highest BCUT2D eigenvalue weighted by molar-refractivity contribution is 7.11. The van der Waals surface area contributed by atoms with E-state index in [1.807, 2.05) is 36.4 Å². The Morgan fingerprint density at radius 2 is 1.62 bits per heavy atom. The Balaban J connectivity index is 1.45. The molecule has 6 rings (SSSR count). The van der Waals surface area contributed by atoms with Crippen molar-refractivity contribution in [3.63, 3.8) is 0 Å². The lowest BCUT2D eigenvalue weighted by Crippen LogP contribution is -2.59. The van der Waals surface area contributed by atoms with Gasteiger partial charge in [-0.2, -0.15) is 0 Å². The van der Waals surface area contributed by atoms with Crippen LogP contribution in [0.15, 0.2) is 47.8 Å². The Kier molecular flexibility index (Phi) is 4.00. The van der Waals surface area contributed by atoms with E-state index in [-0.39, 0.29) is 11.4 Å². The van der Waals surface area contributed by atoms with Crippen LogP contribution in [0.4, 0.5) is 0 Å². The van der Waals surface area contributed by atoms with Crippen molar-refractivity contribution in [3.8, 4) is 0 Å². The quantitative estimate of drug-likeness (QED) is 0.727. The molecular formula is C23H25NOS. The molecule has 1 aromatic carbocycles. The van der Waals surface area contributed by atoms with E-state index in [9.17, 15) is 4.79 Å². The summed E-state index contributed by atoms with van der Waals surface area (Å²) in [5.74, 6) is 2.61. The normalized spacial score (nSPS) is 32.6. The van der Waals surface area contributed by atoms with Gasteiger partial charge < -0.3 is 5.32 Å². The zero-order valence-electron chi connectivity index (χ0n) is 15.0. The molecule has 4 aliphatic carbocycles. The lowest BCUT2D eigenvalue weighted by molar-refractivity contribution is -0.121. The molecule has 1 N–H and O–H groups in total. The number of benzene rings is 1. The van der Waals surface area contributed by atoms with E-state index in [1.54, 1.807) is 11.3 Å². The minimum atomic E-state index is 0.0507. The van der Waals surface area contributed by atoms with Crippen molar-refractivity contribution in [3.05, 3.63) is 58.3 Å². The maximum atomic E-state index is 13.4. The fourth-order valence-electron chi connectivity index (χ4n) is 5.99. The van der Waals surface area contributed by atoms with Gasteiger partial charge in [-0.05, 0) is 79.4 Å². The molecule has 0 unspecified atom stereocenters. The second kappa shape index (κ2) is 6.38. The van der Waals surface area contributed by atoms with Crippen LogP contribution in [0, 0.1) is 17.8 Å². The molecule has 4 fully saturated rings. The first kappa shape index (κ1) is 16.3. The molecule has 3 heteroatoms. The van der Waals surface area contributed by atoms with Gasteiger partial charge in [0.25, 0.3) is 5.91 Å². The van der Waals surface area contributed by atoms with Crippen molar-refractivity contribution >= 4 is 28.9 Å². The summed E-state index contributed by atoms with van der Waals surface area (Å²) >= 11 is 1.68. The largest absolute Gasteiger partial charge is 0.347 e. The highest BCUT2D eigenvalue weighted by Gasteiger charge is 2.51. The first-order chi connectivity index (χ1) is 12.7. The zero-order chi connectivity index (χ0) is 17.6. The van der Waals surface area contributed by atoms with Crippen LogP contribution in [-0.2, 0) is 4.79 Å². The molecule has 1 aromatic heterocycles. The number of rotatable bonds is 4. The topological polar surface area (TPSA) is 29.1 Å². The number of hydrogen-bond acceptors (Lipinski definition) is 2. The number of thiophene rings is 1. The predicted octanol–water partition coefficient (Wildman–Crippen LogP) is 5.37. The Labute approximate surface area is 159 Å². The van der Waals surface area contributed by atoms with E-state index in [4.69, 9.17) is 0 Å². The number of amides is 1. The molecule has 4 saturated carbocycles. The molecule has 0 saturated heterocycles. The molecule has 0 radical (unpaired) electrons. The minimum absolute atomic E-state index is 0.0507. The highest BCUT2D eigenvalue weighted by atomic mass is 32.1. The third-order valence-corrected chi connectivity index (χ3v) is 7.40. The van der Waals surface area contributed by atoms with Crippen LogP contribution >= 0.6 is 11.3 Å². The van der Waals surface area contributed by atoms with E-state index < -0.39 is 0 Å². The zero-order valence-corrected chi connectivity index (χ0v) is 15.8. The van der Waals surface area contributed by atoms with Gasteiger partial charge in [0.1, 0.15) is 0 Å². The summed E-state index contributed by atoms with van der Waals surface area (Å²) in [6.45, 7) is 0. The lowest BCUT2D eigenvalue weighted by atomic mass is 9.53. The van der Waals surface area contributed by atoms with Crippen LogP contribution in [-0.4, -0.2) is 11.4 Å². The highest BCUT2D eigenvalue weighted by Crippen LogP contribution is 2.55. The van der Waals surface area contributed by atoms with Gasteiger partial charge in [0, 0.05) is 16.0 Å². The summed E-state index contributed by atoms with van der Waals surface area (Å²) < 4.78 is 0. The molecule has 0 atom stereocenters. The van der Waals surface area contributed by atoms with Gasteiger partial charge in [-0.25, -0.2) is 0 Å². The summed E-state index contributed by atoms with van der Waals surface area (Å²) in [5, 5.41) is 5.59. The third kappa shape index (κ3) is 3.03. The number of hydrogen-bond donors (Lipinski definition) is 1. The number of nitrogens with one attached hydrogen (secondary N) is 1. The maximum absolute atomic E-state index is 13.4. The first-order valence-electron chi connectivity index (χ1n) is 9.82. The van der Waals surface area contributed by atoms with E-state index in [1.165, 1.54) is 38.5 Å². The Bertz CT molecular complexity index is 786. The monoisotopic (exact) mass is 363 g/mol. The predicted molar refractivity (Wildman–Crippen MR) is 108 cm³/mol. The molecule has 1 amide bonds. The molecule has 0 spiro atoms. The SMILES string of the molecule is O=C(NC12CC3CC(CC(C3)C1)C2)/C(=C/c1cccs1)c1ccccc1. The Morgan fingerprint density at radius 1 is 0.962 bits per heavy atom. The molecule has 0 aliphatic heterocycles. The van der Waals surface area contributed by atoms with Crippen LogP contribution in [0.25, 0.3) is 11.6 Å². The van der Waals surface area contributed by atoms with Crippen molar-refractivity contribution in [2.45, 2.75) is 44.1 Å². The number of carbonyl (C=O) groups is 1. The minimum Gasteiger partial charge on any atom is -0.347 e. The van der Waals surface area contributed by atoms with Gasteiger partial charge >= 0.3 is 0 Å². The van der Waals surface area contributed by atoms with Crippen LogP contribution in [0.3, 0.4) is 0 Å². The van der Waals surface area contributed by atoms with Gasteiger partial charge in [0.15, 0.2) is 0 Å². The fourth-order valence-corrected chi connectivity index (χ4v) is 6.64. The lowest BCUT2D eigenvalue weighted by Gasteiger charge is -2.57. The van der Waals surface area contributed by atoms with E-state index in [0.717, 1.165) is 33.8 Å². The second-order valence-electron chi connectivity index (χ2n) is 8.59. The summed E-state index contributed by atoms with van der Waals surface area (Å²) in [5.41, 5.74) is 1.85. The average Bonchev–Trinajstić information content (AvgIpc) is 3.12. The average molecular weight is 364 g/mol. The third-order valence-electron chi connectivity index (χ3n) is 6.58. The van der Waals surface area contributed by atoms with E-state index >= 15 is 0 Å². The molecule has 4 bridgehead atoms. The summed E-state index contributed by atoms with van der Waals surface area (Å²) in [6.07, 6.45) is 9.79. The second-order valence-corrected chi connectivity index (χ2v) is 9.57. The molecular weight excluding hydrogens is 338 g/mol. The molecule has 134 valence electrons. The van der Waals surface area contributed by atoms with Crippen LogP contribution < -0.4 is 5.32 Å². The molecule has 1 heterocycles. The molecule has 26 heavy (non-hydrogen) atoms. The van der Waals surface area contributed by atoms with Gasteiger partial charge in [-0.15, -0.1) is 11.3 Å². The standard InChI is InChI=1S/C23H25NOS/c25-22(24-23-13-16-9-17(14-23)11-18(10-16)15-23)21(12-20-7-4-8-26-20)19-5-2-1-3-6-19/h1-8,12,16-18H,9-11,13-15H2,(H,24,25)/b21-12+. The first-order valence-corrected chi connectivity index (χ1v) is 10.7. The van der Waals surface area contributed by atoms with Gasteiger partial charge in [0.2, 0.25) is 0 Å². The molecule has 4 aliphatic rings. The van der Waals surface area contributed by atoms with Crippen molar-refractivity contribution in [1.29, 1.82) is 0 Å². The molecule has 2 aromatic rings. The number of carbonyl (C=O) groups excluding carboxylic acids is 1. The summed E-state index contributed by atoms with van der Waals surface area (Å²) in [4.78, 5) is 14.5. The van der Waals surface area contributed by atoms with Gasteiger partial charge in [-0.1, -0.05) is 36.4 Å². The summed E-state index contributed by atoms with van der Waals surface area (Å²) in [6, 6.07) is 14.2. The van der Waals surface area contributed by atoms with E-state index in [2.05, 4.69) is 22.8 Å². The fraction of sp³-hybridized carbons (Fsp3) is 0.435. The molecule has 2 nitrogen and oxygen atoms in total. The van der Waals surface area contributed by atoms with Gasteiger partial charge in [-0.3, -0.25) is 4.79 Å². The van der Waals surface area contributed by atoms with Crippen LogP contribution in [0.2, 0.25) is 0 Å². The van der Waals surface area contributed by atoms with Crippen molar-refractivity contribution in [1.82, 2.24) is 5.32 Å². The van der Waals surface area contributed by atoms with E-state index in [0.29, 0.717) is 0 Å². The maximum Gasteiger partial charge on any atom is 0.252 e. The summed E-state index contributed by atoms with van der Waals surface area (Å²) in [7, 11) is 0. The smallest absolute Gasteiger partial charge is 0.252 e.